The molecular formula is C21H24N4O4S2. The Labute approximate surface area is 185 Å². The average Bonchev–Trinajstić information content (AvgIpc) is 3.30. The molecule has 2 aromatic heterocycles. The number of nitrogens with one attached hydrogen (secondary N) is 1. The van der Waals surface area contributed by atoms with Gasteiger partial charge in [-0.1, -0.05) is 19.9 Å². The van der Waals surface area contributed by atoms with Gasteiger partial charge in [0.1, 0.15) is 5.69 Å². The van der Waals surface area contributed by atoms with Crippen LogP contribution in [0.2, 0.25) is 0 Å². The summed E-state index contributed by atoms with van der Waals surface area (Å²) in [4.78, 5) is 25.6. The molecule has 0 fully saturated rings. The summed E-state index contributed by atoms with van der Waals surface area (Å²) in [6, 6.07) is 12.8. The zero-order valence-electron chi connectivity index (χ0n) is 17.3. The van der Waals surface area contributed by atoms with E-state index in [-0.39, 0.29) is 29.5 Å². The van der Waals surface area contributed by atoms with Gasteiger partial charge in [0.15, 0.2) is 0 Å². The van der Waals surface area contributed by atoms with E-state index in [0.29, 0.717) is 24.3 Å². The molecule has 0 saturated carbocycles. The predicted molar refractivity (Wildman–Crippen MR) is 121 cm³/mol. The number of carbonyl (C=O) groups is 1. The molecular weight excluding hydrogens is 436 g/mol. The van der Waals surface area contributed by atoms with Crippen LogP contribution in [0.3, 0.4) is 0 Å². The summed E-state index contributed by atoms with van der Waals surface area (Å²) in [7, 11) is -3.57. The summed E-state index contributed by atoms with van der Waals surface area (Å²) < 4.78 is 27.7. The molecule has 1 aromatic carbocycles. The van der Waals surface area contributed by atoms with Crippen LogP contribution in [0.25, 0.3) is 10.6 Å². The van der Waals surface area contributed by atoms with Crippen molar-refractivity contribution in [3.63, 3.8) is 0 Å². The Bertz CT molecular complexity index is 1180. The number of thiophene rings is 1. The van der Waals surface area contributed by atoms with Gasteiger partial charge in [-0.05, 0) is 41.8 Å². The lowest BCUT2D eigenvalue weighted by Gasteiger charge is -2.18. The molecule has 0 saturated heterocycles. The number of aromatic nitrogens is 2. The SMILES string of the molecule is CCN(CC)S(=O)(=O)c1ccc(C(=O)NCCn2nc(-c3cccs3)ccc2=O)cc1. The molecule has 3 aromatic rings. The zero-order chi connectivity index (χ0) is 22.4. The lowest BCUT2D eigenvalue weighted by molar-refractivity contribution is 0.0951. The summed E-state index contributed by atoms with van der Waals surface area (Å²) in [5.74, 6) is -0.353. The fourth-order valence-electron chi connectivity index (χ4n) is 3.03. The molecule has 164 valence electrons. The highest BCUT2D eigenvalue weighted by Gasteiger charge is 2.21. The summed E-state index contributed by atoms with van der Waals surface area (Å²) in [6.45, 7) is 4.74. The standard InChI is InChI=1S/C21H24N4O4S2/c1-3-24(4-2)31(28,29)17-9-7-16(8-10-17)21(27)22-13-14-25-20(26)12-11-18(23-25)19-6-5-15-30-19/h5-12,15H,3-4,13-14H2,1-2H3,(H,22,27). The molecule has 8 nitrogen and oxygen atoms in total. The average molecular weight is 461 g/mol. The number of amides is 1. The van der Waals surface area contributed by atoms with Crippen LogP contribution in [0.4, 0.5) is 0 Å². The van der Waals surface area contributed by atoms with E-state index >= 15 is 0 Å². The van der Waals surface area contributed by atoms with Crippen LogP contribution in [0.5, 0.6) is 0 Å². The maximum Gasteiger partial charge on any atom is 0.266 e. The van der Waals surface area contributed by atoms with Crippen molar-refractivity contribution in [1.82, 2.24) is 19.4 Å². The van der Waals surface area contributed by atoms with Gasteiger partial charge in [-0.3, -0.25) is 9.59 Å². The van der Waals surface area contributed by atoms with Crippen molar-refractivity contribution in [2.75, 3.05) is 19.6 Å². The first-order valence-corrected chi connectivity index (χ1v) is 12.2. The van der Waals surface area contributed by atoms with Gasteiger partial charge in [-0.15, -0.1) is 11.3 Å². The van der Waals surface area contributed by atoms with E-state index in [1.807, 2.05) is 17.5 Å². The van der Waals surface area contributed by atoms with E-state index in [1.54, 1.807) is 19.9 Å². The van der Waals surface area contributed by atoms with E-state index in [2.05, 4.69) is 10.4 Å². The molecule has 0 radical (unpaired) electrons. The molecule has 1 N–H and O–H groups in total. The van der Waals surface area contributed by atoms with Crippen LogP contribution in [-0.2, 0) is 16.6 Å². The molecule has 3 rings (SSSR count). The molecule has 10 heteroatoms. The van der Waals surface area contributed by atoms with Crippen molar-refractivity contribution < 1.29 is 13.2 Å². The highest BCUT2D eigenvalue weighted by molar-refractivity contribution is 7.89. The number of benzene rings is 1. The van der Waals surface area contributed by atoms with Crippen LogP contribution >= 0.6 is 11.3 Å². The van der Waals surface area contributed by atoms with Gasteiger partial charge in [-0.25, -0.2) is 13.1 Å². The van der Waals surface area contributed by atoms with Crippen molar-refractivity contribution in [3.8, 4) is 10.6 Å². The van der Waals surface area contributed by atoms with Crippen molar-refractivity contribution >= 4 is 27.3 Å². The monoisotopic (exact) mass is 460 g/mol. The van der Waals surface area contributed by atoms with E-state index in [4.69, 9.17) is 0 Å². The first kappa shape index (κ1) is 22.9. The van der Waals surface area contributed by atoms with Gasteiger partial charge in [-0.2, -0.15) is 9.40 Å². The number of hydrogen-bond donors (Lipinski definition) is 1. The van der Waals surface area contributed by atoms with Crippen LogP contribution in [0.1, 0.15) is 24.2 Å². The smallest absolute Gasteiger partial charge is 0.266 e. The molecule has 0 aliphatic carbocycles. The summed E-state index contributed by atoms with van der Waals surface area (Å²) in [6.07, 6.45) is 0. The minimum atomic E-state index is -3.57. The molecule has 1 amide bonds. The number of hydrogen-bond acceptors (Lipinski definition) is 6. The highest BCUT2D eigenvalue weighted by atomic mass is 32.2. The normalized spacial score (nSPS) is 11.6. The Morgan fingerprint density at radius 1 is 1.10 bits per heavy atom. The Morgan fingerprint density at radius 2 is 1.81 bits per heavy atom. The summed E-state index contributed by atoms with van der Waals surface area (Å²) >= 11 is 1.53. The summed E-state index contributed by atoms with van der Waals surface area (Å²) in [5, 5.41) is 9.02. The minimum absolute atomic E-state index is 0.147. The Balaban J connectivity index is 1.63. The Morgan fingerprint density at radius 3 is 2.42 bits per heavy atom. The minimum Gasteiger partial charge on any atom is -0.350 e. The van der Waals surface area contributed by atoms with Crippen LogP contribution in [0, 0.1) is 0 Å². The molecule has 0 atom stereocenters. The van der Waals surface area contributed by atoms with E-state index < -0.39 is 10.0 Å². The Kier molecular flexibility index (Phi) is 7.37. The van der Waals surface area contributed by atoms with E-state index in [0.717, 1.165) is 4.88 Å². The first-order valence-electron chi connectivity index (χ1n) is 9.87. The largest absolute Gasteiger partial charge is 0.350 e. The fraction of sp³-hybridized carbons (Fsp3) is 0.286. The topological polar surface area (TPSA) is 101 Å². The maximum absolute atomic E-state index is 12.5. The molecule has 0 aliphatic rings. The first-order chi connectivity index (χ1) is 14.9. The number of nitrogens with zero attached hydrogens (tertiary/aromatic N) is 3. The van der Waals surface area contributed by atoms with Crippen LogP contribution in [-0.4, -0.2) is 48.0 Å². The van der Waals surface area contributed by atoms with Crippen LogP contribution < -0.4 is 10.9 Å². The highest BCUT2D eigenvalue weighted by Crippen LogP contribution is 2.21. The van der Waals surface area contributed by atoms with Crippen LogP contribution in [0.15, 0.2) is 63.6 Å². The molecule has 0 bridgehead atoms. The second-order valence-electron chi connectivity index (χ2n) is 6.63. The third-order valence-electron chi connectivity index (χ3n) is 4.71. The van der Waals surface area contributed by atoms with Crippen molar-refractivity contribution in [2.45, 2.75) is 25.3 Å². The third-order valence-corrected chi connectivity index (χ3v) is 7.67. The van der Waals surface area contributed by atoms with E-state index in [9.17, 15) is 18.0 Å². The second-order valence-corrected chi connectivity index (χ2v) is 9.51. The third kappa shape index (κ3) is 5.27. The predicted octanol–water partition coefficient (Wildman–Crippen LogP) is 2.43. The zero-order valence-corrected chi connectivity index (χ0v) is 18.9. The van der Waals surface area contributed by atoms with Gasteiger partial charge in [0.25, 0.3) is 11.5 Å². The van der Waals surface area contributed by atoms with Gasteiger partial charge in [0.2, 0.25) is 10.0 Å². The number of carbonyl (C=O) groups excluding carboxylic acids is 1. The maximum atomic E-state index is 12.5. The quantitative estimate of drug-likeness (QED) is 0.529. The number of rotatable bonds is 9. The van der Waals surface area contributed by atoms with Gasteiger partial charge in [0, 0.05) is 31.3 Å². The second kappa shape index (κ2) is 9.99. The molecule has 0 aliphatic heterocycles. The molecule has 31 heavy (non-hydrogen) atoms. The van der Waals surface area contributed by atoms with Crippen molar-refractivity contribution in [1.29, 1.82) is 0 Å². The fourth-order valence-corrected chi connectivity index (χ4v) is 5.18. The Hall–Kier alpha value is -2.82. The van der Waals surface area contributed by atoms with Crippen molar-refractivity contribution in [2.24, 2.45) is 0 Å². The number of sulfonamides is 1. The van der Waals surface area contributed by atoms with Gasteiger partial charge in [0.05, 0.1) is 16.3 Å². The lowest BCUT2D eigenvalue weighted by atomic mass is 10.2. The lowest BCUT2D eigenvalue weighted by Crippen LogP contribution is -2.32. The van der Waals surface area contributed by atoms with E-state index in [1.165, 1.54) is 50.7 Å². The molecule has 2 heterocycles. The van der Waals surface area contributed by atoms with Gasteiger partial charge < -0.3 is 5.32 Å². The molecule has 0 spiro atoms. The van der Waals surface area contributed by atoms with Gasteiger partial charge >= 0.3 is 0 Å². The van der Waals surface area contributed by atoms with Crippen molar-refractivity contribution in [3.05, 3.63) is 69.8 Å². The summed E-state index contributed by atoms with van der Waals surface area (Å²) in [5.41, 5.74) is 0.789. The molecule has 0 unspecified atom stereocenters.